The first-order valence-corrected chi connectivity index (χ1v) is 7.89. The van der Waals surface area contributed by atoms with Gasteiger partial charge in [0.1, 0.15) is 12.4 Å². The number of hydrogen-bond donors (Lipinski definition) is 1. The molecular weight excluding hydrogens is 299 g/mol. The standard InChI is InChI=1S/C13H19FN2O4S/c1-4-16(8-12(17)20-5-2)21(18,19)10-6-9(3)13(14)11(15)7-10/h6-7H,4-5,8,15H2,1-3H3. The third kappa shape index (κ3) is 3.92. The minimum Gasteiger partial charge on any atom is -0.465 e. The van der Waals surface area contributed by atoms with Gasteiger partial charge in [-0.3, -0.25) is 4.79 Å². The molecule has 0 saturated carbocycles. The lowest BCUT2D eigenvalue weighted by atomic mass is 10.2. The van der Waals surface area contributed by atoms with E-state index in [1.54, 1.807) is 13.8 Å². The summed E-state index contributed by atoms with van der Waals surface area (Å²) in [5.41, 5.74) is 5.34. The largest absolute Gasteiger partial charge is 0.465 e. The van der Waals surface area contributed by atoms with E-state index in [1.807, 2.05) is 0 Å². The van der Waals surface area contributed by atoms with E-state index in [9.17, 15) is 17.6 Å². The number of aryl methyl sites for hydroxylation is 1. The van der Waals surface area contributed by atoms with Gasteiger partial charge in [0.05, 0.1) is 17.2 Å². The number of rotatable bonds is 6. The summed E-state index contributed by atoms with van der Waals surface area (Å²) in [6, 6.07) is 2.24. The summed E-state index contributed by atoms with van der Waals surface area (Å²) in [6.07, 6.45) is 0. The van der Waals surface area contributed by atoms with Crippen LogP contribution in [0.15, 0.2) is 17.0 Å². The van der Waals surface area contributed by atoms with E-state index >= 15 is 0 Å². The van der Waals surface area contributed by atoms with Crippen LogP contribution in [0, 0.1) is 12.7 Å². The molecule has 8 heteroatoms. The molecular formula is C13H19FN2O4S. The van der Waals surface area contributed by atoms with Gasteiger partial charge in [-0.25, -0.2) is 12.8 Å². The minimum absolute atomic E-state index is 0.0808. The van der Waals surface area contributed by atoms with Crippen LogP contribution in [0.4, 0.5) is 10.1 Å². The number of carbonyl (C=O) groups is 1. The molecule has 0 bridgehead atoms. The molecule has 0 unspecified atom stereocenters. The molecule has 2 N–H and O–H groups in total. The van der Waals surface area contributed by atoms with Gasteiger partial charge in [0, 0.05) is 6.54 Å². The second-order valence-electron chi connectivity index (χ2n) is 4.38. The maximum atomic E-state index is 13.5. The summed E-state index contributed by atoms with van der Waals surface area (Å²) >= 11 is 0. The zero-order valence-electron chi connectivity index (χ0n) is 12.2. The first-order chi connectivity index (χ1) is 9.73. The zero-order chi connectivity index (χ0) is 16.2. The van der Waals surface area contributed by atoms with Crippen molar-refractivity contribution in [3.05, 3.63) is 23.5 Å². The Kier molecular flexibility index (Phi) is 5.68. The third-order valence-corrected chi connectivity index (χ3v) is 4.76. The number of halogens is 1. The summed E-state index contributed by atoms with van der Waals surface area (Å²) < 4.78 is 44.1. The monoisotopic (exact) mass is 318 g/mol. The van der Waals surface area contributed by atoms with Gasteiger partial charge in [-0.05, 0) is 31.5 Å². The smallest absolute Gasteiger partial charge is 0.321 e. The Morgan fingerprint density at radius 2 is 2.00 bits per heavy atom. The Bertz CT molecular complexity index is 608. The highest BCUT2D eigenvalue weighted by Gasteiger charge is 2.27. The van der Waals surface area contributed by atoms with Crippen LogP contribution in [0.5, 0.6) is 0 Å². The zero-order valence-corrected chi connectivity index (χ0v) is 13.0. The maximum absolute atomic E-state index is 13.5. The van der Waals surface area contributed by atoms with Crippen molar-refractivity contribution >= 4 is 21.7 Å². The molecule has 0 aromatic heterocycles. The summed E-state index contributed by atoms with van der Waals surface area (Å²) in [7, 11) is -3.94. The number of anilines is 1. The molecule has 0 amide bonds. The Balaban J connectivity index is 3.16. The van der Waals surface area contributed by atoms with Gasteiger partial charge in [0.25, 0.3) is 0 Å². The van der Waals surface area contributed by atoms with Gasteiger partial charge < -0.3 is 10.5 Å². The maximum Gasteiger partial charge on any atom is 0.321 e. The molecule has 1 aromatic rings. The average molecular weight is 318 g/mol. The van der Waals surface area contributed by atoms with Gasteiger partial charge in [-0.1, -0.05) is 6.92 Å². The van der Waals surface area contributed by atoms with Crippen molar-refractivity contribution in [1.82, 2.24) is 4.31 Å². The molecule has 0 radical (unpaired) electrons. The van der Waals surface area contributed by atoms with Gasteiger partial charge >= 0.3 is 5.97 Å². The number of nitrogens with zero attached hydrogens (tertiary/aromatic N) is 1. The van der Waals surface area contributed by atoms with E-state index in [0.29, 0.717) is 0 Å². The molecule has 0 atom stereocenters. The van der Waals surface area contributed by atoms with Crippen molar-refractivity contribution in [1.29, 1.82) is 0 Å². The lowest BCUT2D eigenvalue weighted by Crippen LogP contribution is -2.36. The fourth-order valence-electron chi connectivity index (χ4n) is 1.78. The Morgan fingerprint density at radius 1 is 1.38 bits per heavy atom. The highest BCUT2D eigenvalue weighted by Crippen LogP contribution is 2.23. The highest BCUT2D eigenvalue weighted by molar-refractivity contribution is 7.89. The topological polar surface area (TPSA) is 89.7 Å². The van der Waals surface area contributed by atoms with Crippen LogP contribution in [0.2, 0.25) is 0 Å². The van der Waals surface area contributed by atoms with E-state index in [2.05, 4.69) is 0 Å². The van der Waals surface area contributed by atoms with E-state index in [1.165, 1.54) is 13.0 Å². The molecule has 1 rings (SSSR count). The Hall–Kier alpha value is -1.67. The molecule has 0 spiro atoms. The van der Waals surface area contributed by atoms with Crippen LogP contribution < -0.4 is 5.73 Å². The number of benzene rings is 1. The average Bonchev–Trinajstić information content (AvgIpc) is 2.41. The first kappa shape index (κ1) is 17.4. The van der Waals surface area contributed by atoms with Gasteiger partial charge in [-0.15, -0.1) is 0 Å². The van der Waals surface area contributed by atoms with Crippen molar-refractivity contribution in [3.8, 4) is 0 Å². The van der Waals surface area contributed by atoms with E-state index in [4.69, 9.17) is 10.5 Å². The minimum atomic E-state index is -3.94. The van der Waals surface area contributed by atoms with Crippen LogP contribution in [0.3, 0.4) is 0 Å². The van der Waals surface area contributed by atoms with Crippen LogP contribution in [-0.2, 0) is 19.6 Å². The predicted octanol–water partition coefficient (Wildman–Crippen LogP) is 1.29. The molecule has 0 aliphatic heterocycles. The second-order valence-corrected chi connectivity index (χ2v) is 6.32. The molecule has 21 heavy (non-hydrogen) atoms. The van der Waals surface area contributed by atoms with E-state index in [-0.39, 0.29) is 29.3 Å². The van der Waals surface area contributed by atoms with Crippen molar-refractivity contribution in [2.75, 3.05) is 25.4 Å². The first-order valence-electron chi connectivity index (χ1n) is 6.45. The van der Waals surface area contributed by atoms with Crippen LogP contribution in [-0.4, -0.2) is 38.4 Å². The van der Waals surface area contributed by atoms with Gasteiger partial charge in [0.2, 0.25) is 10.0 Å². The van der Waals surface area contributed by atoms with Crippen LogP contribution >= 0.6 is 0 Å². The molecule has 6 nitrogen and oxygen atoms in total. The highest BCUT2D eigenvalue weighted by atomic mass is 32.2. The molecule has 0 saturated heterocycles. The number of likely N-dealkylation sites (N-methyl/N-ethyl adjacent to an activating group) is 1. The number of nitrogens with two attached hydrogens (primary N) is 1. The summed E-state index contributed by atoms with van der Waals surface area (Å²) in [5, 5.41) is 0. The predicted molar refractivity (Wildman–Crippen MR) is 76.6 cm³/mol. The van der Waals surface area contributed by atoms with Gasteiger partial charge in [-0.2, -0.15) is 4.31 Å². The van der Waals surface area contributed by atoms with Crippen molar-refractivity contribution < 1.29 is 22.3 Å². The van der Waals surface area contributed by atoms with E-state index < -0.39 is 28.4 Å². The fraction of sp³-hybridized carbons (Fsp3) is 0.462. The lowest BCUT2D eigenvalue weighted by molar-refractivity contribution is -0.143. The molecule has 0 fully saturated rings. The Morgan fingerprint density at radius 3 is 2.48 bits per heavy atom. The van der Waals surface area contributed by atoms with Crippen LogP contribution in [0.1, 0.15) is 19.4 Å². The van der Waals surface area contributed by atoms with Crippen molar-refractivity contribution in [2.45, 2.75) is 25.7 Å². The molecule has 0 aliphatic carbocycles. The quantitative estimate of drug-likeness (QED) is 0.630. The summed E-state index contributed by atoms with van der Waals surface area (Å²) in [5.74, 6) is -1.29. The number of esters is 1. The third-order valence-electron chi connectivity index (χ3n) is 2.86. The normalized spacial score (nSPS) is 11.7. The summed E-state index contributed by atoms with van der Waals surface area (Å²) in [4.78, 5) is 11.3. The molecule has 0 aliphatic rings. The number of ether oxygens (including phenoxy) is 1. The number of nitrogen functional groups attached to an aromatic ring is 1. The van der Waals surface area contributed by atoms with Gasteiger partial charge in [0.15, 0.2) is 0 Å². The number of hydrogen-bond acceptors (Lipinski definition) is 5. The molecule has 1 aromatic carbocycles. The molecule has 118 valence electrons. The van der Waals surface area contributed by atoms with Crippen LogP contribution in [0.25, 0.3) is 0 Å². The number of sulfonamides is 1. The van der Waals surface area contributed by atoms with Crippen molar-refractivity contribution in [2.24, 2.45) is 0 Å². The lowest BCUT2D eigenvalue weighted by Gasteiger charge is -2.20. The van der Waals surface area contributed by atoms with E-state index in [0.717, 1.165) is 10.4 Å². The Labute approximate surface area is 123 Å². The SMILES string of the molecule is CCOC(=O)CN(CC)S(=O)(=O)c1cc(C)c(F)c(N)c1. The second kappa shape index (κ2) is 6.86. The summed E-state index contributed by atoms with van der Waals surface area (Å²) in [6.45, 7) is 4.50. The van der Waals surface area contributed by atoms with Crippen molar-refractivity contribution in [3.63, 3.8) is 0 Å². The fourth-order valence-corrected chi connectivity index (χ4v) is 3.29. The number of carbonyl (C=O) groups excluding carboxylic acids is 1. The molecule has 0 heterocycles.